The molecule has 0 spiro atoms. The van der Waals surface area contributed by atoms with E-state index in [1.54, 1.807) is 24.5 Å². The van der Waals surface area contributed by atoms with E-state index in [4.69, 9.17) is 4.74 Å². The lowest BCUT2D eigenvalue weighted by atomic mass is 9.98. The van der Waals surface area contributed by atoms with Crippen LogP contribution in [0.5, 0.6) is 5.75 Å². The highest BCUT2D eigenvalue weighted by molar-refractivity contribution is 5.93. The lowest BCUT2D eigenvalue weighted by Crippen LogP contribution is -2.15. The fraction of sp³-hybridized carbons (Fsp3) is 0.143. The number of halogens is 3. The number of carbonyl (C=O) groups is 1. The van der Waals surface area contributed by atoms with Crippen molar-refractivity contribution in [1.82, 2.24) is 4.98 Å². The highest BCUT2D eigenvalue weighted by Crippen LogP contribution is 2.38. The summed E-state index contributed by atoms with van der Waals surface area (Å²) >= 11 is 0. The number of fused-ring (bicyclic) bond motifs is 3. The van der Waals surface area contributed by atoms with Gasteiger partial charge in [-0.15, -0.1) is 0 Å². The average Bonchev–Trinajstić information content (AvgIpc) is 2.67. The molecule has 0 atom stereocenters. The van der Waals surface area contributed by atoms with E-state index in [9.17, 15) is 18.0 Å². The Morgan fingerprint density at radius 2 is 1.86 bits per heavy atom. The van der Waals surface area contributed by atoms with Gasteiger partial charge in [0.2, 0.25) is 5.91 Å². The van der Waals surface area contributed by atoms with Crippen LogP contribution in [0.25, 0.3) is 11.1 Å². The number of hydrogen-bond donors (Lipinski definition) is 1. The van der Waals surface area contributed by atoms with Crippen LogP contribution < -0.4 is 10.1 Å². The molecular weight excluding hydrogens is 369 g/mol. The molecule has 0 saturated carbocycles. The van der Waals surface area contributed by atoms with Crippen LogP contribution in [0.2, 0.25) is 0 Å². The SMILES string of the molecule is O=C(Cc1ccc(C(F)(F)F)cc1)Nc1ccc2c(c1)OCc1cnccc1-2. The van der Waals surface area contributed by atoms with Crippen molar-refractivity contribution in [3.63, 3.8) is 0 Å². The maximum absolute atomic E-state index is 12.6. The average molecular weight is 384 g/mol. The summed E-state index contributed by atoms with van der Waals surface area (Å²) < 4.78 is 43.6. The van der Waals surface area contributed by atoms with Crippen LogP contribution in [0, 0.1) is 0 Å². The van der Waals surface area contributed by atoms with Crippen molar-refractivity contribution in [3.05, 3.63) is 77.6 Å². The Hall–Kier alpha value is -3.35. The van der Waals surface area contributed by atoms with Crippen LogP contribution in [-0.2, 0) is 24.0 Å². The molecule has 1 amide bonds. The molecule has 1 N–H and O–H groups in total. The third-order valence-electron chi connectivity index (χ3n) is 4.49. The normalized spacial score (nSPS) is 12.5. The number of alkyl halides is 3. The largest absolute Gasteiger partial charge is 0.488 e. The Bertz CT molecular complexity index is 1030. The van der Waals surface area contributed by atoms with Gasteiger partial charge in [-0.05, 0) is 41.5 Å². The van der Waals surface area contributed by atoms with E-state index in [-0.39, 0.29) is 12.3 Å². The number of benzene rings is 2. The molecule has 1 aliphatic heterocycles. The lowest BCUT2D eigenvalue weighted by Gasteiger charge is -2.21. The number of nitrogens with zero attached hydrogens (tertiary/aromatic N) is 1. The molecular formula is C21H15F3N2O2. The van der Waals surface area contributed by atoms with Gasteiger partial charge in [-0.25, -0.2) is 0 Å². The second-order valence-electron chi connectivity index (χ2n) is 6.45. The summed E-state index contributed by atoms with van der Waals surface area (Å²) in [5, 5.41) is 2.76. The van der Waals surface area contributed by atoms with E-state index < -0.39 is 11.7 Å². The number of carbonyl (C=O) groups excluding carboxylic acids is 1. The number of nitrogens with one attached hydrogen (secondary N) is 1. The standard InChI is InChI=1S/C21H15F3N2O2/c22-21(23,24)15-3-1-13(2-4-15)9-20(27)26-16-5-6-18-17-7-8-25-11-14(17)12-28-19(18)10-16/h1-8,10-11H,9,12H2,(H,26,27). The van der Waals surface area contributed by atoms with E-state index >= 15 is 0 Å². The predicted octanol–water partition coefficient (Wildman–Crippen LogP) is 4.84. The lowest BCUT2D eigenvalue weighted by molar-refractivity contribution is -0.137. The number of amides is 1. The molecule has 1 aromatic heterocycles. The van der Waals surface area contributed by atoms with Crippen molar-refractivity contribution in [2.24, 2.45) is 0 Å². The smallest absolute Gasteiger partial charge is 0.416 e. The van der Waals surface area contributed by atoms with Crippen molar-refractivity contribution in [1.29, 1.82) is 0 Å². The van der Waals surface area contributed by atoms with Crippen LogP contribution in [0.15, 0.2) is 60.9 Å². The van der Waals surface area contributed by atoms with Crippen molar-refractivity contribution >= 4 is 11.6 Å². The highest BCUT2D eigenvalue weighted by Gasteiger charge is 2.30. The molecule has 142 valence electrons. The highest BCUT2D eigenvalue weighted by atomic mass is 19.4. The van der Waals surface area contributed by atoms with Crippen LogP contribution in [-0.4, -0.2) is 10.9 Å². The van der Waals surface area contributed by atoms with E-state index in [0.717, 1.165) is 28.8 Å². The summed E-state index contributed by atoms with van der Waals surface area (Å²) in [4.78, 5) is 16.3. The molecule has 1 aliphatic rings. The molecule has 0 aliphatic carbocycles. The Morgan fingerprint density at radius 1 is 1.07 bits per heavy atom. The first-order chi connectivity index (χ1) is 13.4. The maximum atomic E-state index is 12.6. The molecule has 0 fully saturated rings. The molecule has 28 heavy (non-hydrogen) atoms. The molecule has 2 heterocycles. The first-order valence-corrected chi connectivity index (χ1v) is 8.56. The minimum Gasteiger partial charge on any atom is -0.488 e. The van der Waals surface area contributed by atoms with Gasteiger partial charge < -0.3 is 10.1 Å². The number of anilines is 1. The zero-order valence-electron chi connectivity index (χ0n) is 14.6. The molecule has 2 aromatic carbocycles. The number of ether oxygens (including phenoxy) is 1. The molecule has 3 aromatic rings. The third kappa shape index (κ3) is 3.69. The van der Waals surface area contributed by atoms with Gasteiger partial charge in [-0.3, -0.25) is 9.78 Å². The second kappa shape index (κ2) is 6.99. The van der Waals surface area contributed by atoms with E-state index in [2.05, 4.69) is 10.3 Å². The van der Waals surface area contributed by atoms with Crippen LogP contribution in [0.4, 0.5) is 18.9 Å². The van der Waals surface area contributed by atoms with Gasteiger partial charge in [0, 0.05) is 35.3 Å². The molecule has 7 heteroatoms. The van der Waals surface area contributed by atoms with Gasteiger partial charge >= 0.3 is 6.18 Å². The zero-order chi connectivity index (χ0) is 19.7. The second-order valence-corrected chi connectivity index (χ2v) is 6.45. The monoisotopic (exact) mass is 384 g/mol. The van der Waals surface area contributed by atoms with Crippen molar-refractivity contribution < 1.29 is 22.7 Å². The number of aromatic nitrogens is 1. The molecule has 4 rings (SSSR count). The third-order valence-corrected chi connectivity index (χ3v) is 4.49. The fourth-order valence-corrected chi connectivity index (χ4v) is 3.10. The quantitative estimate of drug-likeness (QED) is 0.703. The Kier molecular flexibility index (Phi) is 4.50. The molecule has 0 radical (unpaired) electrons. The first kappa shape index (κ1) is 18.0. The van der Waals surface area contributed by atoms with Gasteiger partial charge in [0.15, 0.2) is 0 Å². The van der Waals surface area contributed by atoms with Gasteiger partial charge in [0.1, 0.15) is 12.4 Å². The minimum absolute atomic E-state index is 0.0232. The Morgan fingerprint density at radius 3 is 2.61 bits per heavy atom. The summed E-state index contributed by atoms with van der Waals surface area (Å²) in [6, 6.07) is 11.8. The van der Waals surface area contributed by atoms with Gasteiger partial charge in [0.05, 0.1) is 12.0 Å². The predicted molar refractivity (Wildman–Crippen MR) is 97.8 cm³/mol. The summed E-state index contributed by atoms with van der Waals surface area (Å²) in [5.41, 5.74) is 3.28. The van der Waals surface area contributed by atoms with Crippen molar-refractivity contribution in [2.45, 2.75) is 19.2 Å². The number of pyridine rings is 1. The van der Waals surface area contributed by atoms with Crippen LogP contribution in [0.1, 0.15) is 16.7 Å². The molecule has 0 bridgehead atoms. The van der Waals surface area contributed by atoms with E-state index in [1.807, 2.05) is 12.1 Å². The van der Waals surface area contributed by atoms with Gasteiger partial charge in [-0.1, -0.05) is 12.1 Å². The van der Waals surface area contributed by atoms with Crippen molar-refractivity contribution in [3.8, 4) is 16.9 Å². The summed E-state index contributed by atoms with van der Waals surface area (Å²) in [5.74, 6) is 0.339. The Balaban J connectivity index is 1.46. The van der Waals surface area contributed by atoms with Crippen LogP contribution in [0.3, 0.4) is 0 Å². The van der Waals surface area contributed by atoms with Gasteiger partial charge in [-0.2, -0.15) is 13.2 Å². The van der Waals surface area contributed by atoms with E-state index in [0.29, 0.717) is 23.6 Å². The summed E-state index contributed by atoms with van der Waals surface area (Å²) in [7, 11) is 0. The summed E-state index contributed by atoms with van der Waals surface area (Å²) in [6.45, 7) is 0.402. The molecule has 0 unspecified atom stereocenters. The first-order valence-electron chi connectivity index (χ1n) is 8.56. The fourth-order valence-electron chi connectivity index (χ4n) is 3.10. The van der Waals surface area contributed by atoms with Crippen LogP contribution >= 0.6 is 0 Å². The van der Waals surface area contributed by atoms with Gasteiger partial charge in [0.25, 0.3) is 0 Å². The topological polar surface area (TPSA) is 51.2 Å². The molecule has 0 saturated heterocycles. The maximum Gasteiger partial charge on any atom is 0.416 e. The minimum atomic E-state index is -4.39. The Labute approximate surface area is 159 Å². The number of rotatable bonds is 3. The molecule has 4 nitrogen and oxygen atoms in total. The van der Waals surface area contributed by atoms with Crippen molar-refractivity contribution in [2.75, 3.05) is 5.32 Å². The van der Waals surface area contributed by atoms with E-state index in [1.165, 1.54) is 12.1 Å². The summed E-state index contributed by atoms with van der Waals surface area (Å²) in [6.07, 6.45) is -0.936. The number of hydrogen-bond acceptors (Lipinski definition) is 3. The zero-order valence-corrected chi connectivity index (χ0v) is 14.6.